The van der Waals surface area contributed by atoms with Gasteiger partial charge in [0.05, 0.1) is 0 Å². The van der Waals surface area contributed by atoms with Gasteiger partial charge in [0.1, 0.15) is 17.3 Å². The van der Waals surface area contributed by atoms with E-state index in [9.17, 15) is 4.39 Å². The van der Waals surface area contributed by atoms with E-state index in [1.165, 1.54) is 12.1 Å². The largest absolute Gasteiger partial charge is 0.457 e. The monoisotopic (exact) mass is 323 g/mol. The van der Waals surface area contributed by atoms with Gasteiger partial charge in [-0.05, 0) is 24.7 Å². The van der Waals surface area contributed by atoms with Crippen molar-refractivity contribution in [1.82, 2.24) is 5.32 Å². The summed E-state index contributed by atoms with van der Waals surface area (Å²) in [5.74, 6) is 0.894. The van der Waals surface area contributed by atoms with Gasteiger partial charge in [0.2, 0.25) is 0 Å². The van der Waals surface area contributed by atoms with Crippen molar-refractivity contribution in [1.29, 1.82) is 0 Å². The molecular formula is C15H15BrFNO. The van der Waals surface area contributed by atoms with E-state index < -0.39 is 0 Å². The predicted molar refractivity (Wildman–Crippen MR) is 78.0 cm³/mol. The average molecular weight is 324 g/mol. The van der Waals surface area contributed by atoms with Gasteiger partial charge in [-0.3, -0.25) is 0 Å². The zero-order chi connectivity index (χ0) is 13.7. The lowest BCUT2D eigenvalue weighted by Crippen LogP contribution is -2.12. The first-order valence-electron chi connectivity index (χ1n) is 6.11. The number of nitrogens with one attached hydrogen (secondary N) is 1. The normalized spacial score (nSPS) is 10.5. The van der Waals surface area contributed by atoms with Crippen LogP contribution in [0.1, 0.15) is 12.5 Å². The Labute approximate surface area is 120 Å². The average Bonchev–Trinajstić information content (AvgIpc) is 2.36. The Kier molecular flexibility index (Phi) is 4.93. The Balaban J connectivity index is 2.22. The van der Waals surface area contributed by atoms with E-state index in [1.807, 2.05) is 31.2 Å². The molecule has 2 rings (SSSR count). The minimum atomic E-state index is -0.325. The van der Waals surface area contributed by atoms with E-state index >= 15 is 0 Å². The summed E-state index contributed by atoms with van der Waals surface area (Å²) in [7, 11) is 0. The van der Waals surface area contributed by atoms with Gasteiger partial charge >= 0.3 is 0 Å². The van der Waals surface area contributed by atoms with E-state index in [-0.39, 0.29) is 5.82 Å². The maximum Gasteiger partial charge on any atom is 0.131 e. The minimum absolute atomic E-state index is 0.325. The van der Waals surface area contributed by atoms with Crippen LogP contribution in [0.4, 0.5) is 4.39 Å². The molecule has 0 atom stereocenters. The number of halogens is 2. The molecule has 1 N–H and O–H groups in total. The standard InChI is InChI=1S/C15H15BrFNO/c1-2-18-10-11-5-3-4-6-15(11)19-14-8-12(16)7-13(17)9-14/h3-9,18H,2,10H2,1H3. The van der Waals surface area contributed by atoms with Gasteiger partial charge in [-0.25, -0.2) is 4.39 Å². The van der Waals surface area contributed by atoms with Gasteiger partial charge in [-0.15, -0.1) is 0 Å². The molecule has 4 heteroatoms. The fourth-order valence-electron chi connectivity index (χ4n) is 1.72. The van der Waals surface area contributed by atoms with Crippen LogP contribution in [0, 0.1) is 5.82 Å². The van der Waals surface area contributed by atoms with Gasteiger partial charge < -0.3 is 10.1 Å². The summed E-state index contributed by atoms with van der Waals surface area (Å²) < 4.78 is 19.7. The Morgan fingerprint density at radius 3 is 2.74 bits per heavy atom. The fraction of sp³-hybridized carbons (Fsp3) is 0.200. The van der Waals surface area contributed by atoms with Crippen LogP contribution in [0.15, 0.2) is 46.9 Å². The minimum Gasteiger partial charge on any atom is -0.457 e. The maximum absolute atomic E-state index is 13.3. The zero-order valence-corrected chi connectivity index (χ0v) is 12.2. The highest BCUT2D eigenvalue weighted by atomic mass is 79.9. The third-order valence-electron chi connectivity index (χ3n) is 2.60. The van der Waals surface area contributed by atoms with E-state index in [4.69, 9.17) is 4.74 Å². The summed E-state index contributed by atoms with van der Waals surface area (Å²) in [5.41, 5.74) is 1.05. The maximum atomic E-state index is 13.3. The van der Waals surface area contributed by atoms with Crippen molar-refractivity contribution in [2.24, 2.45) is 0 Å². The van der Waals surface area contributed by atoms with Crippen molar-refractivity contribution in [3.63, 3.8) is 0 Å². The lowest BCUT2D eigenvalue weighted by molar-refractivity contribution is 0.467. The van der Waals surface area contributed by atoms with Crippen LogP contribution >= 0.6 is 15.9 Å². The summed E-state index contributed by atoms with van der Waals surface area (Å²) in [6.07, 6.45) is 0. The van der Waals surface area contributed by atoms with E-state index in [2.05, 4.69) is 21.2 Å². The van der Waals surface area contributed by atoms with Crippen molar-refractivity contribution in [2.75, 3.05) is 6.54 Å². The highest BCUT2D eigenvalue weighted by molar-refractivity contribution is 9.10. The molecule has 2 aromatic carbocycles. The number of rotatable bonds is 5. The predicted octanol–water partition coefficient (Wildman–Crippen LogP) is 4.49. The van der Waals surface area contributed by atoms with Crippen LogP contribution in [0.2, 0.25) is 0 Å². The van der Waals surface area contributed by atoms with Gasteiger partial charge in [0.15, 0.2) is 0 Å². The van der Waals surface area contributed by atoms with Crippen LogP contribution < -0.4 is 10.1 Å². The molecule has 0 unspecified atom stereocenters. The van der Waals surface area contributed by atoms with Crippen molar-refractivity contribution in [3.8, 4) is 11.5 Å². The SMILES string of the molecule is CCNCc1ccccc1Oc1cc(F)cc(Br)c1. The van der Waals surface area contributed by atoms with E-state index in [0.29, 0.717) is 10.2 Å². The lowest BCUT2D eigenvalue weighted by Gasteiger charge is -2.11. The molecule has 2 nitrogen and oxygen atoms in total. The number of hydrogen-bond donors (Lipinski definition) is 1. The smallest absolute Gasteiger partial charge is 0.131 e. The molecule has 0 heterocycles. The summed E-state index contributed by atoms with van der Waals surface area (Å²) in [6.45, 7) is 3.66. The molecule has 0 spiro atoms. The molecule has 100 valence electrons. The summed E-state index contributed by atoms with van der Waals surface area (Å²) in [6, 6.07) is 12.2. The second-order valence-corrected chi connectivity index (χ2v) is 5.01. The third-order valence-corrected chi connectivity index (χ3v) is 3.06. The van der Waals surface area contributed by atoms with Gasteiger partial charge in [0, 0.05) is 22.6 Å². The summed E-state index contributed by atoms with van der Waals surface area (Å²) in [5, 5.41) is 3.25. The Hall–Kier alpha value is -1.39. The first-order chi connectivity index (χ1) is 9.19. The van der Waals surface area contributed by atoms with Gasteiger partial charge in [-0.1, -0.05) is 41.1 Å². The first kappa shape index (κ1) is 14.0. The Morgan fingerprint density at radius 2 is 2.00 bits per heavy atom. The van der Waals surface area contributed by atoms with Crippen LogP contribution in [0.5, 0.6) is 11.5 Å². The third kappa shape index (κ3) is 4.04. The lowest BCUT2D eigenvalue weighted by atomic mass is 10.2. The molecule has 0 fully saturated rings. The number of para-hydroxylation sites is 1. The van der Waals surface area contributed by atoms with Gasteiger partial charge in [0.25, 0.3) is 0 Å². The molecule has 0 amide bonds. The molecule has 0 aliphatic carbocycles. The van der Waals surface area contributed by atoms with Crippen molar-refractivity contribution in [2.45, 2.75) is 13.5 Å². The molecule has 0 aliphatic rings. The molecular weight excluding hydrogens is 309 g/mol. The number of ether oxygens (including phenoxy) is 1. The summed E-state index contributed by atoms with van der Waals surface area (Å²) >= 11 is 3.25. The van der Waals surface area contributed by atoms with E-state index in [1.54, 1.807) is 6.07 Å². The fourth-order valence-corrected chi connectivity index (χ4v) is 2.17. The zero-order valence-electron chi connectivity index (χ0n) is 10.6. The molecule has 0 aromatic heterocycles. The van der Waals surface area contributed by atoms with E-state index in [0.717, 1.165) is 24.4 Å². The molecule has 0 aliphatic heterocycles. The van der Waals surface area contributed by atoms with Crippen molar-refractivity contribution in [3.05, 3.63) is 58.3 Å². The van der Waals surface area contributed by atoms with Crippen molar-refractivity contribution < 1.29 is 9.13 Å². The topological polar surface area (TPSA) is 21.3 Å². The van der Waals surface area contributed by atoms with Crippen molar-refractivity contribution >= 4 is 15.9 Å². The molecule has 2 aromatic rings. The highest BCUT2D eigenvalue weighted by Gasteiger charge is 2.06. The molecule has 0 saturated heterocycles. The van der Waals surface area contributed by atoms with Gasteiger partial charge in [-0.2, -0.15) is 0 Å². The summed E-state index contributed by atoms with van der Waals surface area (Å²) in [4.78, 5) is 0. The molecule has 0 bridgehead atoms. The van der Waals surface area contributed by atoms with Crippen LogP contribution in [0.3, 0.4) is 0 Å². The molecule has 0 saturated carbocycles. The van der Waals surface area contributed by atoms with Crippen LogP contribution in [0.25, 0.3) is 0 Å². The highest BCUT2D eigenvalue weighted by Crippen LogP contribution is 2.28. The second-order valence-electron chi connectivity index (χ2n) is 4.10. The van der Waals surface area contributed by atoms with Crippen LogP contribution in [-0.2, 0) is 6.54 Å². The first-order valence-corrected chi connectivity index (χ1v) is 6.91. The quantitative estimate of drug-likeness (QED) is 0.875. The molecule has 19 heavy (non-hydrogen) atoms. The second kappa shape index (κ2) is 6.68. The Morgan fingerprint density at radius 1 is 1.21 bits per heavy atom. The van der Waals surface area contributed by atoms with Crippen LogP contribution in [-0.4, -0.2) is 6.54 Å². The molecule has 0 radical (unpaired) electrons. The number of benzene rings is 2. The Bertz CT molecular complexity index is 539. The number of hydrogen-bond acceptors (Lipinski definition) is 2.